The summed E-state index contributed by atoms with van der Waals surface area (Å²) in [5.41, 5.74) is 11.3. The van der Waals surface area contributed by atoms with Gasteiger partial charge in [0.1, 0.15) is 5.82 Å². The van der Waals surface area contributed by atoms with Gasteiger partial charge in [-0.3, -0.25) is 4.79 Å². The standard InChI is InChI=1S/C24H23FN2O/c1-15-11-18(24(26)28)9-10-21(15)22-8-4-7-19(23(22)25)14-27-20-12-16-5-2-3-6-17(16)13-20/h2-11,20,27H,12-14H2,1H3,(H2,26,28). The van der Waals surface area contributed by atoms with Gasteiger partial charge < -0.3 is 11.1 Å². The summed E-state index contributed by atoms with van der Waals surface area (Å²) in [6.45, 7) is 2.35. The van der Waals surface area contributed by atoms with E-state index in [2.05, 4.69) is 29.6 Å². The lowest BCUT2D eigenvalue weighted by atomic mass is 9.96. The van der Waals surface area contributed by atoms with Crippen LogP contribution in [0.4, 0.5) is 4.39 Å². The van der Waals surface area contributed by atoms with Gasteiger partial charge in [0.2, 0.25) is 5.91 Å². The molecule has 28 heavy (non-hydrogen) atoms. The summed E-state index contributed by atoms with van der Waals surface area (Å²) >= 11 is 0. The average molecular weight is 374 g/mol. The second-order valence-corrected chi connectivity index (χ2v) is 7.43. The van der Waals surface area contributed by atoms with Crippen LogP contribution in [-0.2, 0) is 19.4 Å². The second kappa shape index (κ2) is 7.56. The van der Waals surface area contributed by atoms with Crippen LogP contribution >= 0.6 is 0 Å². The van der Waals surface area contributed by atoms with Crippen LogP contribution in [-0.4, -0.2) is 11.9 Å². The molecule has 1 amide bonds. The summed E-state index contributed by atoms with van der Waals surface area (Å²) in [5.74, 6) is -0.703. The highest BCUT2D eigenvalue weighted by molar-refractivity contribution is 5.93. The number of nitrogens with one attached hydrogen (secondary N) is 1. The number of hydrogen-bond acceptors (Lipinski definition) is 2. The molecule has 0 unspecified atom stereocenters. The Morgan fingerprint density at radius 3 is 2.39 bits per heavy atom. The van der Waals surface area contributed by atoms with E-state index < -0.39 is 5.91 Å². The Kier molecular flexibility index (Phi) is 4.97. The van der Waals surface area contributed by atoms with E-state index in [4.69, 9.17) is 5.73 Å². The number of benzene rings is 3. The predicted molar refractivity (Wildman–Crippen MR) is 110 cm³/mol. The minimum atomic E-state index is -0.481. The molecule has 0 bridgehead atoms. The van der Waals surface area contributed by atoms with Crippen molar-refractivity contribution in [2.75, 3.05) is 0 Å². The van der Waals surface area contributed by atoms with Crippen LogP contribution in [0.2, 0.25) is 0 Å². The molecule has 3 aromatic carbocycles. The minimum absolute atomic E-state index is 0.222. The van der Waals surface area contributed by atoms with E-state index in [0.717, 1.165) is 24.0 Å². The monoisotopic (exact) mass is 374 g/mol. The highest BCUT2D eigenvalue weighted by atomic mass is 19.1. The zero-order chi connectivity index (χ0) is 19.7. The smallest absolute Gasteiger partial charge is 0.248 e. The van der Waals surface area contributed by atoms with Crippen molar-refractivity contribution in [3.63, 3.8) is 0 Å². The molecule has 0 radical (unpaired) electrons. The lowest BCUT2D eigenvalue weighted by Gasteiger charge is -2.15. The third kappa shape index (κ3) is 3.56. The molecule has 0 heterocycles. The quantitative estimate of drug-likeness (QED) is 0.705. The number of rotatable bonds is 5. The average Bonchev–Trinajstić information content (AvgIpc) is 3.10. The van der Waals surface area contributed by atoms with Crippen LogP contribution in [0.3, 0.4) is 0 Å². The van der Waals surface area contributed by atoms with E-state index >= 15 is 4.39 Å². The third-order valence-electron chi connectivity index (χ3n) is 5.51. The maximum Gasteiger partial charge on any atom is 0.248 e. The normalized spacial score (nSPS) is 13.5. The number of carbonyl (C=O) groups excluding carboxylic acids is 1. The molecule has 3 nitrogen and oxygen atoms in total. The number of carbonyl (C=O) groups is 1. The fourth-order valence-corrected chi connectivity index (χ4v) is 4.00. The maximum absolute atomic E-state index is 15.2. The molecule has 142 valence electrons. The first kappa shape index (κ1) is 18.4. The lowest BCUT2D eigenvalue weighted by Crippen LogP contribution is -2.29. The van der Waals surface area contributed by atoms with Gasteiger partial charge in [-0.1, -0.05) is 48.5 Å². The summed E-state index contributed by atoms with van der Waals surface area (Å²) in [7, 11) is 0. The first-order valence-corrected chi connectivity index (χ1v) is 9.51. The number of fused-ring (bicyclic) bond motifs is 1. The van der Waals surface area contributed by atoms with Crippen molar-refractivity contribution in [1.29, 1.82) is 0 Å². The van der Waals surface area contributed by atoms with E-state index in [1.807, 2.05) is 19.1 Å². The van der Waals surface area contributed by atoms with Gasteiger partial charge in [-0.05, 0) is 54.2 Å². The van der Waals surface area contributed by atoms with Crippen LogP contribution in [0.1, 0.15) is 32.6 Å². The Hall–Kier alpha value is -2.98. The Morgan fingerprint density at radius 1 is 1.04 bits per heavy atom. The van der Waals surface area contributed by atoms with Crippen LogP contribution in [0.15, 0.2) is 60.7 Å². The molecule has 3 N–H and O–H groups in total. The van der Waals surface area contributed by atoms with Crippen LogP contribution < -0.4 is 11.1 Å². The minimum Gasteiger partial charge on any atom is -0.366 e. The Labute approximate surface area is 164 Å². The Balaban J connectivity index is 1.52. The summed E-state index contributed by atoms with van der Waals surface area (Å²) in [6, 6.07) is 19.4. The summed E-state index contributed by atoms with van der Waals surface area (Å²) in [6.07, 6.45) is 1.95. The molecule has 0 spiro atoms. The van der Waals surface area contributed by atoms with Crippen molar-refractivity contribution in [1.82, 2.24) is 5.32 Å². The van der Waals surface area contributed by atoms with Crippen LogP contribution in [0.25, 0.3) is 11.1 Å². The first-order chi connectivity index (χ1) is 13.5. The molecule has 0 saturated carbocycles. The zero-order valence-electron chi connectivity index (χ0n) is 15.8. The van der Waals surface area contributed by atoms with Gasteiger partial charge in [0.15, 0.2) is 0 Å². The van der Waals surface area contributed by atoms with Crippen LogP contribution in [0.5, 0.6) is 0 Å². The molecule has 0 aromatic heterocycles. The van der Waals surface area contributed by atoms with Gasteiger partial charge in [-0.25, -0.2) is 4.39 Å². The van der Waals surface area contributed by atoms with Gasteiger partial charge in [0.25, 0.3) is 0 Å². The summed E-state index contributed by atoms with van der Waals surface area (Å²) in [5, 5.41) is 3.50. The topological polar surface area (TPSA) is 55.1 Å². The molecular formula is C24H23FN2O. The molecule has 4 heteroatoms. The molecular weight excluding hydrogens is 351 g/mol. The van der Waals surface area contributed by atoms with Crippen molar-refractivity contribution in [3.8, 4) is 11.1 Å². The van der Waals surface area contributed by atoms with E-state index in [0.29, 0.717) is 29.3 Å². The molecule has 0 aliphatic heterocycles. The molecule has 1 aliphatic carbocycles. The summed E-state index contributed by atoms with van der Waals surface area (Å²) < 4.78 is 15.2. The SMILES string of the molecule is Cc1cc(C(N)=O)ccc1-c1cccc(CNC2Cc3ccccc3C2)c1F. The molecule has 4 rings (SSSR count). The second-order valence-electron chi connectivity index (χ2n) is 7.43. The number of nitrogens with two attached hydrogens (primary N) is 1. The van der Waals surface area contributed by atoms with Crippen molar-refractivity contribution in [2.45, 2.75) is 32.4 Å². The van der Waals surface area contributed by atoms with Gasteiger partial charge in [0, 0.05) is 29.3 Å². The zero-order valence-corrected chi connectivity index (χ0v) is 15.8. The molecule has 0 saturated heterocycles. The largest absolute Gasteiger partial charge is 0.366 e. The van der Waals surface area contributed by atoms with E-state index in [1.165, 1.54) is 11.1 Å². The van der Waals surface area contributed by atoms with E-state index in [-0.39, 0.29) is 5.82 Å². The van der Waals surface area contributed by atoms with Gasteiger partial charge >= 0.3 is 0 Å². The number of amides is 1. The van der Waals surface area contributed by atoms with Crippen molar-refractivity contribution in [3.05, 3.63) is 94.3 Å². The van der Waals surface area contributed by atoms with Gasteiger partial charge in [-0.2, -0.15) is 0 Å². The molecule has 0 fully saturated rings. The maximum atomic E-state index is 15.2. The third-order valence-corrected chi connectivity index (χ3v) is 5.51. The Bertz CT molecular complexity index is 1020. The van der Waals surface area contributed by atoms with E-state index in [1.54, 1.807) is 24.3 Å². The number of aryl methyl sites for hydroxylation is 1. The van der Waals surface area contributed by atoms with Gasteiger partial charge in [0.05, 0.1) is 0 Å². The van der Waals surface area contributed by atoms with Crippen molar-refractivity contribution in [2.24, 2.45) is 5.73 Å². The highest BCUT2D eigenvalue weighted by Gasteiger charge is 2.21. The first-order valence-electron chi connectivity index (χ1n) is 9.51. The fourth-order valence-electron chi connectivity index (χ4n) is 4.00. The van der Waals surface area contributed by atoms with Crippen molar-refractivity contribution >= 4 is 5.91 Å². The van der Waals surface area contributed by atoms with Crippen LogP contribution in [0, 0.1) is 12.7 Å². The molecule has 0 atom stereocenters. The summed E-state index contributed by atoms with van der Waals surface area (Å²) in [4.78, 5) is 11.4. The number of primary amides is 1. The number of hydrogen-bond donors (Lipinski definition) is 2. The lowest BCUT2D eigenvalue weighted by molar-refractivity contribution is 0.1000. The van der Waals surface area contributed by atoms with Gasteiger partial charge in [-0.15, -0.1) is 0 Å². The predicted octanol–water partition coefficient (Wildman–Crippen LogP) is 4.16. The fraction of sp³-hybridized carbons (Fsp3) is 0.208. The number of halogens is 1. The molecule has 1 aliphatic rings. The van der Waals surface area contributed by atoms with E-state index in [9.17, 15) is 4.79 Å². The highest BCUT2D eigenvalue weighted by Crippen LogP contribution is 2.29. The Morgan fingerprint density at radius 2 is 1.75 bits per heavy atom. The van der Waals surface area contributed by atoms with Crippen molar-refractivity contribution < 1.29 is 9.18 Å². The molecule has 3 aromatic rings.